The minimum atomic E-state index is -0.701. The zero-order valence-electron chi connectivity index (χ0n) is 9.08. The van der Waals surface area contributed by atoms with E-state index in [0.29, 0.717) is 24.2 Å². The van der Waals surface area contributed by atoms with Crippen LogP contribution in [0.25, 0.3) is 0 Å². The maximum atomic E-state index is 10.5. The fourth-order valence-electron chi connectivity index (χ4n) is 1.63. The standard InChI is InChI=1S/C9H10ClN5O2/c1-13-4-5-14(9(13)12-15(16)17)7-2-3-8(10)11-6-7/h2-3,6H,4-5H2,1H3/b12-9-. The summed E-state index contributed by atoms with van der Waals surface area (Å²) in [4.78, 5) is 17.9. The van der Waals surface area contributed by atoms with Gasteiger partial charge in [0.25, 0.3) is 5.96 Å². The Morgan fingerprint density at radius 1 is 1.53 bits per heavy atom. The molecule has 7 nitrogen and oxygen atoms in total. The molecular weight excluding hydrogens is 246 g/mol. The molecule has 2 heterocycles. The van der Waals surface area contributed by atoms with Gasteiger partial charge in [0.1, 0.15) is 10.3 Å². The third-order valence-electron chi connectivity index (χ3n) is 2.44. The lowest BCUT2D eigenvalue weighted by Gasteiger charge is -2.17. The second-order valence-corrected chi connectivity index (χ2v) is 3.94. The third-order valence-corrected chi connectivity index (χ3v) is 2.66. The van der Waals surface area contributed by atoms with Crippen LogP contribution in [0.1, 0.15) is 0 Å². The molecule has 0 aliphatic carbocycles. The Morgan fingerprint density at radius 3 is 2.88 bits per heavy atom. The van der Waals surface area contributed by atoms with E-state index >= 15 is 0 Å². The van der Waals surface area contributed by atoms with Crippen molar-refractivity contribution in [1.29, 1.82) is 0 Å². The first-order valence-electron chi connectivity index (χ1n) is 4.91. The number of rotatable bonds is 2. The summed E-state index contributed by atoms with van der Waals surface area (Å²) in [5.74, 6) is 0.305. The normalized spacial score (nSPS) is 17.9. The van der Waals surface area contributed by atoms with Gasteiger partial charge in [-0.15, -0.1) is 0 Å². The van der Waals surface area contributed by atoms with Gasteiger partial charge in [0, 0.05) is 20.1 Å². The van der Waals surface area contributed by atoms with E-state index in [-0.39, 0.29) is 0 Å². The highest BCUT2D eigenvalue weighted by atomic mass is 35.5. The van der Waals surface area contributed by atoms with Crippen molar-refractivity contribution in [3.8, 4) is 0 Å². The smallest absolute Gasteiger partial charge is 0.278 e. The van der Waals surface area contributed by atoms with E-state index in [2.05, 4.69) is 10.1 Å². The number of hydrogen-bond donors (Lipinski definition) is 0. The number of nitro groups is 1. The minimum absolute atomic E-state index is 0.305. The van der Waals surface area contributed by atoms with Crippen LogP contribution < -0.4 is 4.90 Å². The van der Waals surface area contributed by atoms with Crippen LogP contribution in [0.4, 0.5) is 5.69 Å². The van der Waals surface area contributed by atoms with Gasteiger partial charge in [-0.25, -0.2) is 15.1 Å². The lowest BCUT2D eigenvalue weighted by Crippen LogP contribution is -2.32. The number of anilines is 1. The van der Waals surface area contributed by atoms with Gasteiger partial charge in [-0.2, -0.15) is 0 Å². The monoisotopic (exact) mass is 255 g/mol. The van der Waals surface area contributed by atoms with Crippen LogP contribution >= 0.6 is 11.6 Å². The Bertz CT molecular complexity index is 461. The minimum Gasteiger partial charge on any atom is -0.339 e. The number of hydrogen-bond acceptors (Lipinski definition) is 3. The van der Waals surface area contributed by atoms with Crippen molar-refractivity contribution in [1.82, 2.24) is 9.88 Å². The number of likely N-dealkylation sites (N-methyl/N-ethyl adjacent to an activating group) is 1. The van der Waals surface area contributed by atoms with E-state index in [0.717, 1.165) is 5.69 Å². The summed E-state index contributed by atoms with van der Waals surface area (Å²) in [6.45, 7) is 1.31. The van der Waals surface area contributed by atoms with Gasteiger partial charge in [0.2, 0.25) is 0 Å². The molecule has 1 aliphatic rings. The molecule has 0 N–H and O–H groups in total. The first-order chi connectivity index (χ1) is 8.08. The highest BCUT2D eigenvalue weighted by molar-refractivity contribution is 6.29. The van der Waals surface area contributed by atoms with Gasteiger partial charge in [0.15, 0.2) is 5.03 Å². The molecule has 8 heteroatoms. The number of aromatic nitrogens is 1. The summed E-state index contributed by atoms with van der Waals surface area (Å²) >= 11 is 5.69. The Kier molecular flexibility index (Phi) is 3.10. The van der Waals surface area contributed by atoms with Crippen LogP contribution in [-0.4, -0.2) is 41.0 Å². The van der Waals surface area contributed by atoms with Crippen molar-refractivity contribution in [2.24, 2.45) is 5.10 Å². The van der Waals surface area contributed by atoms with Gasteiger partial charge in [-0.05, 0) is 12.1 Å². The van der Waals surface area contributed by atoms with Crippen molar-refractivity contribution in [2.75, 3.05) is 25.0 Å². The molecule has 1 aromatic heterocycles. The molecule has 0 unspecified atom stereocenters. The van der Waals surface area contributed by atoms with Crippen LogP contribution in [0, 0.1) is 10.1 Å². The van der Waals surface area contributed by atoms with Crippen LogP contribution in [0.3, 0.4) is 0 Å². The van der Waals surface area contributed by atoms with E-state index in [1.165, 1.54) is 0 Å². The zero-order valence-corrected chi connectivity index (χ0v) is 9.83. The van der Waals surface area contributed by atoms with Crippen molar-refractivity contribution in [3.05, 3.63) is 33.6 Å². The predicted octanol–water partition coefficient (Wildman–Crippen LogP) is 1.03. The molecule has 0 saturated carbocycles. The molecule has 0 aromatic carbocycles. The molecule has 0 bridgehead atoms. The molecule has 1 fully saturated rings. The van der Waals surface area contributed by atoms with Gasteiger partial charge < -0.3 is 9.80 Å². The van der Waals surface area contributed by atoms with E-state index in [9.17, 15) is 10.1 Å². The Balaban J connectivity index is 2.31. The highest BCUT2D eigenvalue weighted by Gasteiger charge is 2.28. The molecule has 0 spiro atoms. The van der Waals surface area contributed by atoms with Gasteiger partial charge in [-0.3, -0.25) is 0 Å². The van der Waals surface area contributed by atoms with E-state index in [1.54, 1.807) is 35.2 Å². The van der Waals surface area contributed by atoms with E-state index < -0.39 is 5.03 Å². The summed E-state index contributed by atoms with van der Waals surface area (Å²) in [6.07, 6.45) is 1.57. The molecular formula is C9H10ClN5O2. The van der Waals surface area contributed by atoms with Gasteiger partial charge >= 0.3 is 0 Å². The van der Waals surface area contributed by atoms with E-state index in [1.807, 2.05) is 0 Å². The summed E-state index contributed by atoms with van der Waals surface area (Å²) < 4.78 is 0. The molecule has 17 heavy (non-hydrogen) atoms. The predicted molar refractivity (Wildman–Crippen MR) is 63.7 cm³/mol. The Morgan fingerprint density at radius 2 is 2.29 bits per heavy atom. The van der Waals surface area contributed by atoms with Crippen molar-refractivity contribution in [2.45, 2.75) is 0 Å². The zero-order chi connectivity index (χ0) is 12.4. The lowest BCUT2D eigenvalue weighted by atomic mass is 10.4. The van der Waals surface area contributed by atoms with Gasteiger partial charge in [0.05, 0.1) is 11.9 Å². The van der Waals surface area contributed by atoms with Crippen LogP contribution in [0.5, 0.6) is 0 Å². The summed E-state index contributed by atoms with van der Waals surface area (Å²) in [5, 5.41) is 13.5. The third kappa shape index (κ3) is 2.44. The summed E-state index contributed by atoms with van der Waals surface area (Å²) in [5.41, 5.74) is 0.736. The molecule has 1 aliphatic heterocycles. The molecule has 2 rings (SSSR count). The number of hydrazone groups is 1. The number of halogens is 1. The average Bonchev–Trinajstić information content (AvgIpc) is 2.61. The van der Waals surface area contributed by atoms with Crippen molar-refractivity contribution < 1.29 is 5.03 Å². The molecule has 90 valence electrons. The molecule has 0 atom stereocenters. The second kappa shape index (κ2) is 4.54. The largest absolute Gasteiger partial charge is 0.339 e. The maximum Gasteiger partial charge on any atom is 0.278 e. The lowest BCUT2D eigenvalue weighted by molar-refractivity contribution is -0.485. The average molecular weight is 256 g/mol. The summed E-state index contributed by atoms with van der Waals surface area (Å²) in [6, 6.07) is 3.39. The van der Waals surface area contributed by atoms with E-state index in [4.69, 9.17) is 11.6 Å². The first-order valence-corrected chi connectivity index (χ1v) is 5.29. The highest BCUT2D eigenvalue weighted by Crippen LogP contribution is 2.19. The first kappa shape index (κ1) is 11.6. The molecule has 1 saturated heterocycles. The SMILES string of the molecule is CN1CCN(c2ccc(Cl)nc2)/C1=N\[N+](=O)[O-]. The maximum absolute atomic E-state index is 10.5. The fraction of sp³-hybridized carbons (Fsp3) is 0.333. The number of guanidine groups is 1. The summed E-state index contributed by atoms with van der Waals surface area (Å²) in [7, 11) is 1.76. The number of pyridine rings is 1. The molecule has 0 amide bonds. The molecule has 1 aromatic rings. The fourth-order valence-corrected chi connectivity index (χ4v) is 1.74. The van der Waals surface area contributed by atoms with Crippen molar-refractivity contribution >= 4 is 23.2 Å². The quantitative estimate of drug-likeness (QED) is 0.448. The molecule has 0 radical (unpaired) electrons. The Labute approximate surface area is 102 Å². The van der Waals surface area contributed by atoms with Crippen LogP contribution in [-0.2, 0) is 0 Å². The van der Waals surface area contributed by atoms with Crippen LogP contribution in [0.2, 0.25) is 5.15 Å². The second-order valence-electron chi connectivity index (χ2n) is 3.55. The van der Waals surface area contributed by atoms with Crippen LogP contribution in [0.15, 0.2) is 23.4 Å². The number of nitrogens with zero attached hydrogens (tertiary/aromatic N) is 5. The topological polar surface area (TPSA) is 74.9 Å². The Hall–Kier alpha value is -1.89. The van der Waals surface area contributed by atoms with Crippen molar-refractivity contribution in [3.63, 3.8) is 0 Å². The van der Waals surface area contributed by atoms with Gasteiger partial charge in [-0.1, -0.05) is 11.6 Å².